The molecule has 0 radical (unpaired) electrons. The van der Waals surface area contributed by atoms with Gasteiger partial charge in [-0.3, -0.25) is 0 Å². The van der Waals surface area contributed by atoms with E-state index in [1.807, 2.05) is 6.07 Å². The van der Waals surface area contributed by atoms with Crippen molar-refractivity contribution in [3.8, 4) is 17.6 Å². The third-order valence-electron chi connectivity index (χ3n) is 3.80. The zero-order valence-corrected chi connectivity index (χ0v) is 11.2. The third kappa shape index (κ3) is 2.19. The Labute approximate surface area is 113 Å². The first kappa shape index (κ1) is 12.1. The summed E-state index contributed by atoms with van der Waals surface area (Å²) in [5.41, 5.74) is 3.89. The Morgan fingerprint density at radius 3 is 2.84 bits per heavy atom. The first-order valence-electron chi connectivity index (χ1n) is 6.84. The lowest BCUT2D eigenvalue weighted by Crippen LogP contribution is -2.34. The van der Waals surface area contributed by atoms with E-state index >= 15 is 0 Å². The number of ether oxygens (including phenoxy) is 1. The molecule has 0 spiro atoms. The molecule has 2 heterocycles. The summed E-state index contributed by atoms with van der Waals surface area (Å²) < 4.78 is 5.39. The van der Waals surface area contributed by atoms with Crippen molar-refractivity contribution in [2.45, 2.75) is 32.6 Å². The summed E-state index contributed by atoms with van der Waals surface area (Å²) in [7, 11) is 0. The number of aryl methyl sites for hydroxylation is 1. The highest BCUT2D eigenvalue weighted by atomic mass is 16.5. The second-order valence-corrected chi connectivity index (χ2v) is 5.01. The van der Waals surface area contributed by atoms with Crippen LogP contribution in [0.4, 0.5) is 5.69 Å². The number of benzene rings is 1. The van der Waals surface area contributed by atoms with Crippen molar-refractivity contribution in [1.82, 2.24) is 0 Å². The van der Waals surface area contributed by atoms with Crippen LogP contribution in [0.15, 0.2) is 12.1 Å². The molecule has 0 amide bonds. The zero-order chi connectivity index (χ0) is 13.2. The summed E-state index contributed by atoms with van der Waals surface area (Å²) >= 11 is 0. The van der Waals surface area contributed by atoms with Crippen LogP contribution in [0.25, 0.3) is 0 Å². The predicted octanol–water partition coefficient (Wildman–Crippen LogP) is 2.31. The van der Waals surface area contributed by atoms with E-state index in [0.717, 1.165) is 32.4 Å². The molecule has 1 aromatic rings. The van der Waals surface area contributed by atoms with E-state index < -0.39 is 5.97 Å². The molecule has 0 aliphatic carbocycles. The molecule has 0 unspecified atom stereocenters. The van der Waals surface area contributed by atoms with Crippen molar-refractivity contribution in [2.75, 3.05) is 18.0 Å². The number of rotatable bonds is 1. The molecule has 0 fully saturated rings. The summed E-state index contributed by atoms with van der Waals surface area (Å²) in [6, 6.07) is 4.02. The van der Waals surface area contributed by atoms with E-state index in [2.05, 4.69) is 22.8 Å². The Hall–Kier alpha value is -1.95. The van der Waals surface area contributed by atoms with Gasteiger partial charge in [0.05, 0.1) is 0 Å². The summed E-state index contributed by atoms with van der Waals surface area (Å²) in [5.74, 6) is 5.23. The average Bonchev–Trinajstić information content (AvgIpc) is 2.43. The van der Waals surface area contributed by atoms with Crippen molar-refractivity contribution in [1.29, 1.82) is 0 Å². The van der Waals surface area contributed by atoms with E-state index in [1.165, 1.54) is 23.2 Å². The van der Waals surface area contributed by atoms with Gasteiger partial charge in [-0.25, -0.2) is 4.79 Å². The first-order valence-corrected chi connectivity index (χ1v) is 6.84. The molecule has 0 atom stereocenters. The number of hydrogen-bond donors (Lipinski definition) is 0. The largest absolute Gasteiger partial charge is 0.417 e. The quantitative estimate of drug-likeness (QED) is 0.334. The van der Waals surface area contributed by atoms with Gasteiger partial charge in [0.2, 0.25) is 0 Å². The van der Waals surface area contributed by atoms with Crippen LogP contribution in [0.1, 0.15) is 30.9 Å². The van der Waals surface area contributed by atoms with E-state index in [4.69, 9.17) is 4.74 Å². The Balaban J connectivity index is 2.00. The highest BCUT2D eigenvalue weighted by Crippen LogP contribution is 2.40. The Morgan fingerprint density at radius 1 is 1.26 bits per heavy atom. The Morgan fingerprint density at radius 2 is 2.05 bits per heavy atom. The molecule has 3 rings (SSSR count). The molecule has 2 aliphatic heterocycles. The molecule has 3 heteroatoms. The highest BCUT2D eigenvalue weighted by Gasteiger charge is 2.26. The summed E-state index contributed by atoms with van der Waals surface area (Å²) in [4.78, 5) is 14.0. The second-order valence-electron chi connectivity index (χ2n) is 5.01. The smallest absolute Gasteiger partial charge is 0.389 e. The van der Waals surface area contributed by atoms with Gasteiger partial charge in [0.1, 0.15) is 5.75 Å². The molecule has 0 N–H and O–H groups in total. The van der Waals surface area contributed by atoms with Crippen LogP contribution in [0.5, 0.6) is 5.75 Å². The zero-order valence-electron chi connectivity index (χ0n) is 11.2. The fraction of sp³-hybridized carbons (Fsp3) is 0.438. The van der Waals surface area contributed by atoms with Crippen molar-refractivity contribution in [3.05, 3.63) is 23.3 Å². The van der Waals surface area contributed by atoms with Crippen LogP contribution in [0.3, 0.4) is 0 Å². The molecule has 0 aromatic heterocycles. The van der Waals surface area contributed by atoms with E-state index in [1.54, 1.807) is 6.92 Å². The van der Waals surface area contributed by atoms with Gasteiger partial charge in [0, 0.05) is 30.3 Å². The maximum absolute atomic E-state index is 11.5. The molecule has 2 aliphatic rings. The first-order chi connectivity index (χ1) is 9.29. The van der Waals surface area contributed by atoms with Gasteiger partial charge in [-0.1, -0.05) is 12.0 Å². The molecule has 0 bridgehead atoms. The minimum absolute atomic E-state index is 0.466. The monoisotopic (exact) mass is 255 g/mol. The third-order valence-corrected chi connectivity index (χ3v) is 3.80. The lowest BCUT2D eigenvalue weighted by Gasteiger charge is -2.37. The molecule has 0 saturated heterocycles. The van der Waals surface area contributed by atoms with Gasteiger partial charge >= 0.3 is 5.97 Å². The SMILES string of the molecule is CC#CC(=O)Oc1ccc2c3c1CCCN3CCC2. The summed E-state index contributed by atoms with van der Waals surface area (Å²) in [5, 5.41) is 0. The highest BCUT2D eigenvalue weighted by molar-refractivity contribution is 5.90. The van der Waals surface area contributed by atoms with E-state index in [-0.39, 0.29) is 0 Å². The maximum Gasteiger partial charge on any atom is 0.389 e. The Bertz CT molecular complexity index is 578. The molecule has 3 nitrogen and oxygen atoms in total. The van der Waals surface area contributed by atoms with Crippen molar-refractivity contribution < 1.29 is 9.53 Å². The van der Waals surface area contributed by atoms with Gasteiger partial charge in [-0.2, -0.15) is 0 Å². The van der Waals surface area contributed by atoms with E-state index in [9.17, 15) is 4.79 Å². The molecular formula is C16H17NO2. The van der Waals surface area contributed by atoms with Gasteiger partial charge in [0.25, 0.3) is 0 Å². The van der Waals surface area contributed by atoms with Crippen LogP contribution in [-0.4, -0.2) is 19.1 Å². The minimum Gasteiger partial charge on any atom is -0.417 e. The van der Waals surface area contributed by atoms with Crippen molar-refractivity contribution in [2.24, 2.45) is 0 Å². The molecule has 1 aromatic carbocycles. The standard InChI is InChI=1S/C16H17NO2/c1-2-5-15(18)19-14-9-8-12-6-3-10-17-11-4-7-13(14)16(12)17/h8-9H,3-4,6-7,10-11H2,1H3. The average molecular weight is 255 g/mol. The van der Waals surface area contributed by atoms with Crippen molar-refractivity contribution >= 4 is 11.7 Å². The fourth-order valence-corrected chi connectivity index (χ4v) is 3.07. The lowest BCUT2D eigenvalue weighted by atomic mass is 9.91. The van der Waals surface area contributed by atoms with Crippen molar-refractivity contribution in [3.63, 3.8) is 0 Å². The van der Waals surface area contributed by atoms with Gasteiger partial charge in [0.15, 0.2) is 0 Å². The van der Waals surface area contributed by atoms with Gasteiger partial charge in [-0.15, -0.1) is 0 Å². The number of nitrogens with zero attached hydrogens (tertiary/aromatic N) is 1. The Kier molecular flexibility index (Phi) is 3.16. The normalized spacial score (nSPS) is 16.2. The number of carbonyl (C=O) groups is 1. The topological polar surface area (TPSA) is 29.5 Å². The lowest BCUT2D eigenvalue weighted by molar-refractivity contribution is -0.128. The predicted molar refractivity (Wildman–Crippen MR) is 74.4 cm³/mol. The van der Waals surface area contributed by atoms with Gasteiger partial charge < -0.3 is 9.64 Å². The van der Waals surface area contributed by atoms with Crippen LogP contribution in [0.2, 0.25) is 0 Å². The molecule has 19 heavy (non-hydrogen) atoms. The summed E-state index contributed by atoms with van der Waals surface area (Å²) in [6.45, 7) is 3.87. The number of hydrogen-bond acceptors (Lipinski definition) is 3. The van der Waals surface area contributed by atoms with E-state index in [0.29, 0.717) is 5.75 Å². The fourth-order valence-electron chi connectivity index (χ4n) is 3.07. The minimum atomic E-state index is -0.466. The summed E-state index contributed by atoms with van der Waals surface area (Å²) in [6.07, 6.45) is 4.46. The van der Waals surface area contributed by atoms with Crippen LogP contribution in [0, 0.1) is 11.8 Å². The molecular weight excluding hydrogens is 238 g/mol. The van der Waals surface area contributed by atoms with Crippen LogP contribution in [-0.2, 0) is 17.6 Å². The number of anilines is 1. The van der Waals surface area contributed by atoms with Gasteiger partial charge in [-0.05, 0) is 44.2 Å². The number of esters is 1. The number of carbonyl (C=O) groups excluding carboxylic acids is 1. The molecule has 0 saturated carbocycles. The van der Waals surface area contributed by atoms with Crippen LogP contribution >= 0.6 is 0 Å². The molecule has 98 valence electrons. The second kappa shape index (κ2) is 4.97. The maximum atomic E-state index is 11.5. The van der Waals surface area contributed by atoms with Crippen LogP contribution < -0.4 is 9.64 Å².